The molecule has 1 amide bonds. The van der Waals surface area contributed by atoms with Crippen LogP contribution in [0.3, 0.4) is 0 Å². The van der Waals surface area contributed by atoms with Crippen LogP contribution in [0, 0.1) is 0 Å². The fourth-order valence-electron chi connectivity index (χ4n) is 3.50. The van der Waals surface area contributed by atoms with Crippen LogP contribution in [0.1, 0.15) is 64.3 Å². The van der Waals surface area contributed by atoms with Crippen molar-refractivity contribution in [2.24, 2.45) is 0 Å². The first kappa shape index (κ1) is 21.5. The molecule has 1 heterocycles. The van der Waals surface area contributed by atoms with Crippen LogP contribution in [0.2, 0.25) is 0 Å². The molecular weight excluding hydrogens is 410 g/mol. The zero-order chi connectivity index (χ0) is 21.0. The van der Waals surface area contributed by atoms with Gasteiger partial charge in [-0.05, 0) is 50.3 Å². The van der Waals surface area contributed by atoms with E-state index in [-0.39, 0.29) is 22.8 Å². The highest BCUT2D eigenvalue weighted by molar-refractivity contribution is 7.91. The third-order valence-corrected chi connectivity index (χ3v) is 7.97. The van der Waals surface area contributed by atoms with Gasteiger partial charge in [-0.25, -0.2) is 13.2 Å². The molecule has 2 aromatic rings. The molecule has 0 saturated carbocycles. The molecule has 8 heteroatoms. The number of aryl methyl sites for hydroxylation is 1. The van der Waals surface area contributed by atoms with E-state index in [1.54, 1.807) is 26.0 Å². The van der Waals surface area contributed by atoms with Gasteiger partial charge in [0.25, 0.3) is 5.91 Å². The predicted molar refractivity (Wildman–Crippen MR) is 114 cm³/mol. The molecule has 156 valence electrons. The number of ether oxygens (including phenoxy) is 1. The second-order valence-corrected chi connectivity index (χ2v) is 10.2. The summed E-state index contributed by atoms with van der Waals surface area (Å²) in [5, 5.41) is 3.23. The molecule has 1 aromatic heterocycles. The number of nitrogens with one attached hydrogen (secondary N) is 1. The van der Waals surface area contributed by atoms with E-state index in [0.717, 1.165) is 42.5 Å². The number of anilines is 1. The molecule has 3 rings (SSSR count). The van der Waals surface area contributed by atoms with E-state index in [1.807, 2.05) is 0 Å². The van der Waals surface area contributed by atoms with Gasteiger partial charge in [-0.15, -0.1) is 11.3 Å². The first-order chi connectivity index (χ1) is 13.9. The molecule has 1 aliphatic carbocycles. The van der Waals surface area contributed by atoms with Crippen LogP contribution in [-0.2, 0) is 27.4 Å². The van der Waals surface area contributed by atoms with Crippen molar-refractivity contribution >= 4 is 38.1 Å². The van der Waals surface area contributed by atoms with Crippen molar-refractivity contribution in [3.8, 4) is 0 Å². The van der Waals surface area contributed by atoms with Crippen LogP contribution < -0.4 is 5.32 Å². The van der Waals surface area contributed by atoms with Crippen LogP contribution in [0.25, 0.3) is 0 Å². The van der Waals surface area contributed by atoms with Gasteiger partial charge < -0.3 is 10.1 Å². The Balaban J connectivity index is 2.01. The van der Waals surface area contributed by atoms with E-state index < -0.39 is 21.7 Å². The minimum atomic E-state index is -3.56. The monoisotopic (exact) mass is 435 g/mol. The van der Waals surface area contributed by atoms with Gasteiger partial charge in [-0.2, -0.15) is 0 Å². The Kier molecular flexibility index (Phi) is 6.74. The summed E-state index contributed by atoms with van der Waals surface area (Å²) in [6.45, 7) is 3.53. The first-order valence-electron chi connectivity index (χ1n) is 9.83. The second kappa shape index (κ2) is 9.09. The molecular formula is C21H25NO5S2. The minimum absolute atomic E-state index is 0.00389. The Morgan fingerprint density at radius 1 is 1.10 bits per heavy atom. The lowest BCUT2D eigenvalue weighted by molar-refractivity contribution is 0.0527. The quantitative estimate of drug-likeness (QED) is 0.541. The summed E-state index contributed by atoms with van der Waals surface area (Å²) < 4.78 is 30.0. The maximum absolute atomic E-state index is 13.0. The lowest BCUT2D eigenvalue weighted by Crippen LogP contribution is -2.18. The summed E-state index contributed by atoms with van der Waals surface area (Å²) in [6.07, 6.45) is 4.77. The largest absolute Gasteiger partial charge is 0.462 e. The number of esters is 1. The van der Waals surface area contributed by atoms with E-state index in [0.29, 0.717) is 10.6 Å². The Bertz CT molecular complexity index is 1020. The van der Waals surface area contributed by atoms with Crippen LogP contribution in [0.4, 0.5) is 5.00 Å². The highest BCUT2D eigenvalue weighted by Crippen LogP contribution is 2.38. The summed E-state index contributed by atoms with van der Waals surface area (Å²) in [5.41, 5.74) is 1.45. The van der Waals surface area contributed by atoms with Crippen molar-refractivity contribution in [2.75, 3.05) is 17.7 Å². The van der Waals surface area contributed by atoms with Gasteiger partial charge in [-0.3, -0.25) is 4.79 Å². The van der Waals surface area contributed by atoms with E-state index >= 15 is 0 Å². The number of thiophene rings is 1. The SMILES string of the molecule is CCOC(=O)c1c(NC(=O)c2ccccc2S(=O)(=O)CC)sc2c1CCCCC2. The molecule has 0 radical (unpaired) electrons. The zero-order valence-electron chi connectivity index (χ0n) is 16.6. The molecule has 1 N–H and O–H groups in total. The molecule has 0 aliphatic heterocycles. The lowest BCUT2D eigenvalue weighted by Gasteiger charge is -2.11. The second-order valence-electron chi connectivity index (χ2n) is 6.84. The number of hydrogen-bond donors (Lipinski definition) is 1. The molecule has 0 spiro atoms. The van der Waals surface area contributed by atoms with E-state index in [9.17, 15) is 18.0 Å². The van der Waals surface area contributed by atoms with Crippen LogP contribution in [0.5, 0.6) is 0 Å². The molecule has 0 bridgehead atoms. The van der Waals surface area contributed by atoms with Crippen molar-refractivity contribution in [3.05, 3.63) is 45.8 Å². The molecule has 0 unspecified atom stereocenters. The predicted octanol–water partition coefficient (Wildman–Crippen LogP) is 4.24. The molecule has 6 nitrogen and oxygen atoms in total. The van der Waals surface area contributed by atoms with Gasteiger partial charge in [0.05, 0.1) is 28.4 Å². The van der Waals surface area contributed by atoms with Gasteiger partial charge in [0.2, 0.25) is 0 Å². The molecule has 29 heavy (non-hydrogen) atoms. The highest BCUT2D eigenvalue weighted by atomic mass is 32.2. The standard InChI is InChI=1S/C21H25NO5S2/c1-3-27-21(24)18-14-10-6-5-7-12-16(14)28-20(18)22-19(23)15-11-8-9-13-17(15)29(25,26)4-2/h8-9,11,13H,3-7,10,12H2,1-2H3,(H,22,23). The first-order valence-corrected chi connectivity index (χ1v) is 12.3. The molecule has 1 aliphatic rings. The van der Waals surface area contributed by atoms with Gasteiger partial charge in [0.1, 0.15) is 5.00 Å². The summed E-state index contributed by atoms with van der Waals surface area (Å²) in [7, 11) is -3.56. The Labute approximate surface area is 175 Å². The van der Waals surface area contributed by atoms with Crippen molar-refractivity contribution in [3.63, 3.8) is 0 Å². The maximum Gasteiger partial charge on any atom is 0.341 e. The van der Waals surface area contributed by atoms with Crippen molar-refractivity contribution in [2.45, 2.75) is 50.8 Å². The number of benzene rings is 1. The number of carbonyl (C=O) groups excluding carboxylic acids is 2. The summed E-state index contributed by atoms with van der Waals surface area (Å²) in [4.78, 5) is 26.7. The van der Waals surface area contributed by atoms with Crippen molar-refractivity contribution in [1.82, 2.24) is 0 Å². The Morgan fingerprint density at radius 3 is 2.55 bits per heavy atom. The highest BCUT2D eigenvalue weighted by Gasteiger charge is 2.28. The molecule has 0 fully saturated rings. The Morgan fingerprint density at radius 2 is 1.83 bits per heavy atom. The van der Waals surface area contributed by atoms with E-state index in [2.05, 4.69) is 5.32 Å². The van der Waals surface area contributed by atoms with Crippen LogP contribution >= 0.6 is 11.3 Å². The summed E-state index contributed by atoms with van der Waals surface area (Å²) in [5.74, 6) is -1.09. The number of fused-ring (bicyclic) bond motifs is 1. The topological polar surface area (TPSA) is 89.5 Å². The number of sulfone groups is 1. The van der Waals surface area contributed by atoms with Crippen LogP contribution in [0.15, 0.2) is 29.2 Å². The molecule has 0 atom stereocenters. The van der Waals surface area contributed by atoms with Crippen molar-refractivity contribution < 1.29 is 22.7 Å². The number of rotatable bonds is 6. The average molecular weight is 436 g/mol. The zero-order valence-corrected chi connectivity index (χ0v) is 18.2. The third-order valence-electron chi connectivity index (χ3n) is 4.97. The van der Waals surface area contributed by atoms with E-state index in [1.165, 1.54) is 23.5 Å². The number of carbonyl (C=O) groups is 2. The van der Waals surface area contributed by atoms with Crippen molar-refractivity contribution in [1.29, 1.82) is 0 Å². The minimum Gasteiger partial charge on any atom is -0.462 e. The smallest absolute Gasteiger partial charge is 0.341 e. The normalized spacial score (nSPS) is 14.0. The number of amides is 1. The summed E-state index contributed by atoms with van der Waals surface area (Å²) >= 11 is 1.39. The average Bonchev–Trinajstić information content (AvgIpc) is 2.88. The van der Waals surface area contributed by atoms with E-state index in [4.69, 9.17) is 4.74 Å². The van der Waals surface area contributed by atoms with Gasteiger partial charge >= 0.3 is 5.97 Å². The third kappa shape index (κ3) is 4.53. The fraction of sp³-hybridized carbons (Fsp3) is 0.429. The fourth-order valence-corrected chi connectivity index (χ4v) is 5.87. The van der Waals surface area contributed by atoms with Gasteiger partial charge in [0, 0.05) is 4.88 Å². The molecule has 1 aromatic carbocycles. The Hall–Kier alpha value is -2.19. The summed E-state index contributed by atoms with van der Waals surface area (Å²) in [6, 6.07) is 6.14. The van der Waals surface area contributed by atoms with Gasteiger partial charge in [0.15, 0.2) is 9.84 Å². The van der Waals surface area contributed by atoms with Gasteiger partial charge in [-0.1, -0.05) is 25.5 Å². The lowest BCUT2D eigenvalue weighted by atomic mass is 10.1. The van der Waals surface area contributed by atoms with Crippen LogP contribution in [-0.4, -0.2) is 32.7 Å². The molecule has 0 saturated heterocycles. The maximum atomic E-state index is 13.0. The number of hydrogen-bond acceptors (Lipinski definition) is 6.